The van der Waals surface area contributed by atoms with Crippen LogP contribution < -0.4 is 5.32 Å². The highest BCUT2D eigenvalue weighted by atomic mass is 15.1. The lowest BCUT2D eigenvalue weighted by atomic mass is 10.2. The van der Waals surface area contributed by atoms with Gasteiger partial charge in [-0.2, -0.15) is 0 Å². The minimum atomic E-state index is 0.500. The molecule has 1 unspecified atom stereocenters. The fraction of sp³-hybridized carbons (Fsp3) is 0.583. The van der Waals surface area contributed by atoms with Gasteiger partial charge in [0.25, 0.3) is 0 Å². The van der Waals surface area contributed by atoms with E-state index >= 15 is 0 Å². The summed E-state index contributed by atoms with van der Waals surface area (Å²) in [7, 11) is 4.18. The van der Waals surface area contributed by atoms with E-state index in [1.165, 1.54) is 5.56 Å². The second-order valence-electron chi connectivity index (χ2n) is 4.29. The Morgan fingerprint density at radius 3 is 2.80 bits per heavy atom. The van der Waals surface area contributed by atoms with Crippen molar-refractivity contribution in [3.8, 4) is 0 Å². The maximum absolute atomic E-state index is 4.27. The predicted molar refractivity (Wildman–Crippen MR) is 63.8 cm³/mol. The van der Waals surface area contributed by atoms with Crippen molar-refractivity contribution in [3.05, 3.63) is 29.6 Å². The molecule has 0 aliphatic carbocycles. The van der Waals surface area contributed by atoms with Gasteiger partial charge in [-0.05, 0) is 39.6 Å². The molecule has 1 atom stereocenters. The number of nitrogens with zero attached hydrogens (tertiary/aromatic N) is 2. The van der Waals surface area contributed by atoms with Gasteiger partial charge in [-0.1, -0.05) is 6.07 Å². The summed E-state index contributed by atoms with van der Waals surface area (Å²) in [4.78, 5) is 6.46. The van der Waals surface area contributed by atoms with Crippen LogP contribution in [0, 0.1) is 6.92 Å². The van der Waals surface area contributed by atoms with Gasteiger partial charge >= 0.3 is 0 Å². The molecule has 0 aromatic carbocycles. The van der Waals surface area contributed by atoms with Crippen LogP contribution in [-0.2, 0) is 6.54 Å². The smallest absolute Gasteiger partial charge is 0.0417 e. The largest absolute Gasteiger partial charge is 0.309 e. The quantitative estimate of drug-likeness (QED) is 0.791. The molecule has 3 heteroatoms. The molecule has 1 rings (SSSR count). The minimum absolute atomic E-state index is 0.500. The molecule has 1 heterocycles. The molecule has 0 radical (unpaired) electrons. The van der Waals surface area contributed by atoms with Crippen molar-refractivity contribution < 1.29 is 0 Å². The Hall–Kier alpha value is -0.930. The maximum atomic E-state index is 4.27. The zero-order chi connectivity index (χ0) is 11.3. The summed E-state index contributed by atoms with van der Waals surface area (Å²) < 4.78 is 0. The van der Waals surface area contributed by atoms with Gasteiger partial charge in [-0.25, -0.2) is 0 Å². The maximum Gasteiger partial charge on any atom is 0.0417 e. The van der Waals surface area contributed by atoms with Crippen LogP contribution in [0.15, 0.2) is 18.3 Å². The molecular formula is C12H21N3. The third kappa shape index (κ3) is 4.40. The van der Waals surface area contributed by atoms with Crippen LogP contribution in [0.2, 0.25) is 0 Å². The van der Waals surface area contributed by atoms with Gasteiger partial charge in [-0.15, -0.1) is 0 Å². The third-order valence-electron chi connectivity index (χ3n) is 2.40. The summed E-state index contributed by atoms with van der Waals surface area (Å²) in [6, 6.07) is 4.61. The van der Waals surface area contributed by atoms with Gasteiger partial charge in [0.05, 0.1) is 0 Å². The monoisotopic (exact) mass is 207 g/mol. The highest BCUT2D eigenvalue weighted by molar-refractivity contribution is 5.17. The third-order valence-corrected chi connectivity index (χ3v) is 2.40. The summed E-state index contributed by atoms with van der Waals surface area (Å²) in [5.74, 6) is 0. The van der Waals surface area contributed by atoms with Gasteiger partial charge in [-0.3, -0.25) is 4.98 Å². The van der Waals surface area contributed by atoms with Crippen LogP contribution in [-0.4, -0.2) is 36.6 Å². The average molecular weight is 207 g/mol. The predicted octanol–water partition coefficient (Wildman–Crippen LogP) is 1.43. The zero-order valence-corrected chi connectivity index (χ0v) is 10.1. The summed E-state index contributed by atoms with van der Waals surface area (Å²) in [6.45, 7) is 6.20. The summed E-state index contributed by atoms with van der Waals surface area (Å²) in [5.41, 5.74) is 2.39. The lowest BCUT2D eigenvalue weighted by Gasteiger charge is -2.18. The number of hydrogen-bond acceptors (Lipinski definition) is 3. The topological polar surface area (TPSA) is 28.2 Å². The molecule has 0 aliphatic heterocycles. The van der Waals surface area contributed by atoms with E-state index in [-0.39, 0.29) is 0 Å². The van der Waals surface area contributed by atoms with Crippen molar-refractivity contribution in [2.24, 2.45) is 0 Å². The molecule has 84 valence electrons. The van der Waals surface area contributed by atoms with E-state index < -0.39 is 0 Å². The Morgan fingerprint density at radius 2 is 2.20 bits per heavy atom. The van der Waals surface area contributed by atoms with E-state index in [2.05, 4.69) is 42.3 Å². The van der Waals surface area contributed by atoms with E-state index in [1.807, 2.05) is 19.2 Å². The molecule has 0 aliphatic rings. The number of aryl methyl sites for hydroxylation is 1. The molecule has 1 N–H and O–H groups in total. The molecule has 0 saturated carbocycles. The number of aromatic nitrogens is 1. The van der Waals surface area contributed by atoms with Gasteiger partial charge in [0.1, 0.15) is 0 Å². The van der Waals surface area contributed by atoms with Crippen molar-refractivity contribution in [2.75, 3.05) is 20.6 Å². The van der Waals surface area contributed by atoms with Crippen LogP contribution in [0.4, 0.5) is 0 Å². The number of likely N-dealkylation sites (N-methyl/N-ethyl adjacent to an activating group) is 1. The first kappa shape index (κ1) is 12.1. The minimum Gasteiger partial charge on any atom is -0.309 e. The SMILES string of the molecule is Cc1ncccc1CNC(C)CN(C)C. The number of pyridine rings is 1. The highest BCUT2D eigenvalue weighted by Crippen LogP contribution is 2.03. The molecule has 0 spiro atoms. The normalized spacial score (nSPS) is 13.1. The standard InChI is InChI=1S/C12H21N3/c1-10(9-15(3)4)14-8-12-6-5-7-13-11(12)2/h5-7,10,14H,8-9H2,1-4H3. The second-order valence-corrected chi connectivity index (χ2v) is 4.29. The summed E-state index contributed by atoms with van der Waals surface area (Å²) in [6.07, 6.45) is 1.84. The van der Waals surface area contributed by atoms with E-state index in [4.69, 9.17) is 0 Å². The van der Waals surface area contributed by atoms with Crippen LogP contribution in [0.5, 0.6) is 0 Å². The van der Waals surface area contributed by atoms with Crippen LogP contribution in [0.3, 0.4) is 0 Å². The van der Waals surface area contributed by atoms with Crippen molar-refractivity contribution in [1.29, 1.82) is 0 Å². The second kappa shape index (κ2) is 5.83. The van der Waals surface area contributed by atoms with Gasteiger partial charge in [0, 0.05) is 31.0 Å². The summed E-state index contributed by atoms with van der Waals surface area (Å²) in [5, 5.41) is 3.49. The van der Waals surface area contributed by atoms with Crippen molar-refractivity contribution in [3.63, 3.8) is 0 Å². The fourth-order valence-electron chi connectivity index (χ4n) is 1.60. The molecule has 0 amide bonds. The average Bonchev–Trinajstić information content (AvgIpc) is 2.15. The van der Waals surface area contributed by atoms with E-state index in [9.17, 15) is 0 Å². The number of nitrogens with one attached hydrogen (secondary N) is 1. The first-order chi connectivity index (χ1) is 7.09. The van der Waals surface area contributed by atoms with Gasteiger partial charge < -0.3 is 10.2 Å². The molecule has 1 aromatic heterocycles. The first-order valence-corrected chi connectivity index (χ1v) is 5.38. The van der Waals surface area contributed by atoms with E-state index in [0.717, 1.165) is 18.8 Å². The molecule has 0 fully saturated rings. The zero-order valence-electron chi connectivity index (χ0n) is 10.1. The van der Waals surface area contributed by atoms with Crippen molar-refractivity contribution in [2.45, 2.75) is 26.4 Å². The number of rotatable bonds is 5. The molecular weight excluding hydrogens is 186 g/mol. The Kier molecular flexibility index (Phi) is 4.72. The van der Waals surface area contributed by atoms with E-state index in [0.29, 0.717) is 6.04 Å². The van der Waals surface area contributed by atoms with Crippen molar-refractivity contribution in [1.82, 2.24) is 15.2 Å². The first-order valence-electron chi connectivity index (χ1n) is 5.38. The Morgan fingerprint density at radius 1 is 1.47 bits per heavy atom. The Labute approximate surface area is 92.5 Å². The van der Waals surface area contributed by atoms with E-state index in [1.54, 1.807) is 0 Å². The molecule has 1 aromatic rings. The number of hydrogen-bond donors (Lipinski definition) is 1. The van der Waals surface area contributed by atoms with Gasteiger partial charge in [0.15, 0.2) is 0 Å². The van der Waals surface area contributed by atoms with Crippen molar-refractivity contribution >= 4 is 0 Å². The Bertz CT molecular complexity index is 297. The summed E-state index contributed by atoms with van der Waals surface area (Å²) >= 11 is 0. The lowest BCUT2D eigenvalue weighted by Crippen LogP contribution is -2.35. The highest BCUT2D eigenvalue weighted by Gasteiger charge is 2.03. The molecule has 0 saturated heterocycles. The lowest BCUT2D eigenvalue weighted by molar-refractivity contribution is 0.349. The molecule has 3 nitrogen and oxygen atoms in total. The fourth-order valence-corrected chi connectivity index (χ4v) is 1.60. The van der Waals surface area contributed by atoms with Crippen LogP contribution >= 0.6 is 0 Å². The molecule has 15 heavy (non-hydrogen) atoms. The van der Waals surface area contributed by atoms with Crippen LogP contribution in [0.1, 0.15) is 18.2 Å². The molecule has 0 bridgehead atoms. The Balaban J connectivity index is 2.40. The van der Waals surface area contributed by atoms with Gasteiger partial charge in [0.2, 0.25) is 0 Å². The van der Waals surface area contributed by atoms with Crippen LogP contribution in [0.25, 0.3) is 0 Å².